The number of urea groups is 1. The lowest BCUT2D eigenvalue weighted by molar-refractivity contribution is -0.125. The van der Waals surface area contributed by atoms with E-state index in [0.717, 1.165) is 0 Å². The fourth-order valence-corrected chi connectivity index (χ4v) is 5.99. The molecule has 3 fully saturated rings. The number of amides is 3. The lowest BCUT2D eigenvalue weighted by atomic mass is 9.88. The van der Waals surface area contributed by atoms with E-state index in [0.29, 0.717) is 110 Å². The fraction of sp³-hybridized carbons (Fsp3) is 0.870. The first-order chi connectivity index (χ1) is 17.6. The van der Waals surface area contributed by atoms with Gasteiger partial charge in [-0.3, -0.25) is 15.0 Å². The Balaban J connectivity index is 1.48. The van der Waals surface area contributed by atoms with Crippen LogP contribution in [0.15, 0.2) is 0 Å². The molecule has 13 heteroatoms. The van der Waals surface area contributed by atoms with E-state index in [1.807, 2.05) is 0 Å². The summed E-state index contributed by atoms with van der Waals surface area (Å²) in [6.45, 7) is 4.93. The van der Waals surface area contributed by atoms with Gasteiger partial charge in [-0.2, -0.15) is 0 Å². The molecule has 3 amide bonds. The maximum Gasteiger partial charge on any atom is 0.315 e. The summed E-state index contributed by atoms with van der Waals surface area (Å²) < 4.78 is 26.5. The van der Waals surface area contributed by atoms with Crippen molar-refractivity contribution in [2.45, 2.75) is 48.9 Å². The highest BCUT2D eigenvalue weighted by molar-refractivity contribution is 8.01. The molecule has 3 aliphatic rings. The minimum absolute atomic E-state index is 0.0925. The Bertz CT molecular complexity index is 703. The number of ketones is 1. The van der Waals surface area contributed by atoms with Crippen molar-refractivity contribution in [3.63, 3.8) is 0 Å². The molecular formula is C23H40N4O8S. The van der Waals surface area contributed by atoms with Crippen LogP contribution in [0.1, 0.15) is 32.1 Å². The maximum absolute atomic E-state index is 13.3. The van der Waals surface area contributed by atoms with Crippen LogP contribution in [0.2, 0.25) is 0 Å². The Morgan fingerprint density at radius 1 is 0.722 bits per heavy atom. The first-order valence-corrected chi connectivity index (χ1v) is 13.7. The molecule has 206 valence electrons. The molecule has 12 nitrogen and oxygen atoms in total. The van der Waals surface area contributed by atoms with Gasteiger partial charge in [-0.05, 0) is 12.8 Å². The molecule has 0 aromatic rings. The molecule has 36 heavy (non-hydrogen) atoms. The van der Waals surface area contributed by atoms with Crippen LogP contribution >= 0.6 is 11.8 Å². The second kappa shape index (κ2) is 16.4. The van der Waals surface area contributed by atoms with Crippen molar-refractivity contribution >= 4 is 29.5 Å². The number of hydrogen-bond acceptors (Lipinski definition) is 10. The minimum atomic E-state index is -0.801. The smallest absolute Gasteiger partial charge is 0.315 e. The zero-order valence-corrected chi connectivity index (χ0v) is 21.7. The lowest BCUT2D eigenvalue weighted by Crippen LogP contribution is -2.58. The summed E-state index contributed by atoms with van der Waals surface area (Å²) in [5.41, 5.74) is 5.74. The number of thioether (sulfide) groups is 1. The molecule has 0 radical (unpaired) electrons. The molecule has 0 aromatic carbocycles. The predicted octanol–water partition coefficient (Wildman–Crippen LogP) is -0.241. The van der Waals surface area contributed by atoms with E-state index in [1.54, 1.807) is 11.8 Å². The zero-order chi connectivity index (χ0) is 25.5. The third-order valence-electron chi connectivity index (χ3n) is 6.25. The molecule has 1 spiro atoms. The number of Topliss-reactive ketones (excluding diaryl/α,β-unsaturated/α-hetero) is 1. The Kier molecular flexibility index (Phi) is 13.2. The standard InChI is InChI=1S/C23H40N4O8S/c28-18-3-1-2-5-23(20-19(17-36-23)25-22(30)26-20)21(29)27-24-6-8-32-10-12-34-14-16-35-15-13-33-11-9-31-7-4-18/h19-20,24H,1-17H2,(H,27,29)(H2,25,26,30)/t19-,20-,23-/m0/s1. The normalized spacial score (nSPS) is 31.8. The van der Waals surface area contributed by atoms with Crippen molar-refractivity contribution in [2.75, 3.05) is 78.4 Å². The fourth-order valence-electron chi connectivity index (χ4n) is 4.37. The molecular weight excluding hydrogens is 492 g/mol. The van der Waals surface area contributed by atoms with Crippen molar-refractivity contribution < 1.29 is 38.1 Å². The summed E-state index contributed by atoms with van der Waals surface area (Å²) in [7, 11) is 0. The number of ether oxygens (including phenoxy) is 5. The molecule has 3 atom stereocenters. The van der Waals surface area contributed by atoms with Crippen molar-refractivity contribution in [3.05, 3.63) is 0 Å². The largest absolute Gasteiger partial charge is 0.379 e. The van der Waals surface area contributed by atoms with E-state index in [9.17, 15) is 14.4 Å². The number of hydrogen-bond donors (Lipinski definition) is 4. The molecule has 3 rings (SSSR count). The van der Waals surface area contributed by atoms with Gasteiger partial charge in [0.25, 0.3) is 5.91 Å². The van der Waals surface area contributed by atoms with Gasteiger partial charge in [0.2, 0.25) is 0 Å². The van der Waals surface area contributed by atoms with Crippen LogP contribution < -0.4 is 21.5 Å². The molecule has 0 bridgehead atoms. The van der Waals surface area contributed by atoms with E-state index >= 15 is 0 Å². The van der Waals surface area contributed by atoms with Crippen LogP contribution in [0.25, 0.3) is 0 Å². The molecule has 0 unspecified atom stereocenters. The number of rotatable bonds is 0. The Hall–Kier alpha value is -1.48. The Morgan fingerprint density at radius 3 is 2.00 bits per heavy atom. The van der Waals surface area contributed by atoms with Crippen molar-refractivity contribution in [2.24, 2.45) is 0 Å². The molecule has 3 aliphatic heterocycles. The van der Waals surface area contributed by atoms with Gasteiger partial charge in [-0.15, -0.1) is 11.8 Å². The molecule has 4 N–H and O–H groups in total. The van der Waals surface area contributed by atoms with Crippen molar-refractivity contribution in [1.29, 1.82) is 0 Å². The quantitative estimate of drug-likeness (QED) is 0.308. The monoisotopic (exact) mass is 532 g/mol. The van der Waals surface area contributed by atoms with Gasteiger partial charge in [0.15, 0.2) is 0 Å². The molecule has 0 saturated carbocycles. The van der Waals surface area contributed by atoms with Crippen LogP contribution in [0, 0.1) is 0 Å². The number of hydrazine groups is 1. The highest BCUT2D eigenvalue weighted by Crippen LogP contribution is 2.44. The van der Waals surface area contributed by atoms with Crippen LogP contribution in [-0.2, 0) is 33.3 Å². The molecule has 0 aliphatic carbocycles. The Labute approximate surface area is 216 Å². The zero-order valence-electron chi connectivity index (χ0n) is 20.8. The van der Waals surface area contributed by atoms with E-state index in [2.05, 4.69) is 21.5 Å². The third-order valence-corrected chi connectivity index (χ3v) is 7.94. The van der Waals surface area contributed by atoms with Gasteiger partial charge in [-0.25, -0.2) is 10.2 Å². The van der Waals surface area contributed by atoms with Gasteiger partial charge in [0.05, 0.1) is 78.2 Å². The number of fused-ring (bicyclic) bond motifs is 2. The van der Waals surface area contributed by atoms with Crippen LogP contribution in [0.3, 0.4) is 0 Å². The maximum atomic E-state index is 13.3. The summed E-state index contributed by atoms with van der Waals surface area (Å²) in [6.07, 6.45) is 2.75. The van der Waals surface area contributed by atoms with Crippen LogP contribution in [-0.4, -0.2) is 113 Å². The second-order valence-electron chi connectivity index (χ2n) is 8.84. The van der Waals surface area contributed by atoms with Crippen molar-refractivity contribution in [1.82, 2.24) is 21.5 Å². The van der Waals surface area contributed by atoms with E-state index < -0.39 is 4.75 Å². The number of carbonyl (C=O) groups excluding carboxylic acids is 3. The highest BCUT2D eigenvalue weighted by Gasteiger charge is 2.57. The molecule has 0 aromatic heterocycles. The van der Waals surface area contributed by atoms with Crippen LogP contribution in [0.4, 0.5) is 4.79 Å². The van der Waals surface area contributed by atoms with Gasteiger partial charge in [-0.1, -0.05) is 6.42 Å². The first kappa shape index (κ1) is 29.1. The van der Waals surface area contributed by atoms with E-state index in [-0.39, 0.29) is 29.8 Å². The summed E-state index contributed by atoms with van der Waals surface area (Å²) >= 11 is 1.55. The van der Waals surface area contributed by atoms with Gasteiger partial charge in [0, 0.05) is 25.1 Å². The highest BCUT2D eigenvalue weighted by atomic mass is 32.2. The summed E-state index contributed by atoms with van der Waals surface area (Å²) in [5, 5.41) is 5.82. The number of nitrogens with one attached hydrogen (secondary N) is 4. The Morgan fingerprint density at radius 2 is 1.33 bits per heavy atom. The summed E-state index contributed by atoms with van der Waals surface area (Å²) in [5.74, 6) is 0.627. The van der Waals surface area contributed by atoms with E-state index in [4.69, 9.17) is 23.7 Å². The molecule has 3 heterocycles. The van der Waals surface area contributed by atoms with Gasteiger partial charge < -0.3 is 34.3 Å². The predicted molar refractivity (Wildman–Crippen MR) is 133 cm³/mol. The van der Waals surface area contributed by atoms with Crippen LogP contribution in [0.5, 0.6) is 0 Å². The van der Waals surface area contributed by atoms with E-state index in [1.165, 1.54) is 0 Å². The minimum Gasteiger partial charge on any atom is -0.379 e. The van der Waals surface area contributed by atoms with Crippen molar-refractivity contribution in [3.8, 4) is 0 Å². The van der Waals surface area contributed by atoms with Gasteiger partial charge >= 0.3 is 6.03 Å². The summed E-state index contributed by atoms with van der Waals surface area (Å²) in [6, 6.07) is -0.637. The third kappa shape index (κ3) is 9.43. The summed E-state index contributed by atoms with van der Waals surface area (Å²) in [4.78, 5) is 37.4. The average Bonchev–Trinajstić information content (AvgIpc) is 3.40. The van der Waals surface area contributed by atoms with Gasteiger partial charge in [0.1, 0.15) is 10.5 Å². The topological polar surface area (TPSA) is 145 Å². The lowest BCUT2D eigenvalue weighted by Gasteiger charge is -2.32. The molecule has 3 saturated heterocycles. The SMILES string of the molecule is O=C1CCCC[C@@]2(SC[C@@H]3NC(=O)N[C@@H]32)C(=O)NNCCOCCOCCOCCOCCOCC1. The second-order valence-corrected chi connectivity index (χ2v) is 10.2. The number of carbonyl (C=O) groups is 3. The first-order valence-electron chi connectivity index (χ1n) is 12.8. The average molecular weight is 533 g/mol.